The normalized spacial score (nSPS) is 22.2. The molecule has 0 spiro atoms. The number of carbonyl (C=O) groups excluding carboxylic acids is 1. The first-order chi connectivity index (χ1) is 15.6. The third-order valence-corrected chi connectivity index (χ3v) is 6.51. The number of carbonyl (C=O) groups is 2. The van der Waals surface area contributed by atoms with Gasteiger partial charge in [0, 0.05) is 45.2 Å². The Balaban J connectivity index is 0.000000913. The van der Waals surface area contributed by atoms with Gasteiger partial charge in [0.15, 0.2) is 0 Å². The lowest BCUT2D eigenvalue weighted by atomic mass is 9.82. The molecular formula is C25H32N2O5. The van der Waals surface area contributed by atoms with E-state index in [4.69, 9.17) is 14.6 Å². The molecule has 0 aliphatic carbocycles. The summed E-state index contributed by atoms with van der Waals surface area (Å²) in [4.78, 5) is 25.1. The number of fused-ring (bicyclic) bond motifs is 1. The second-order valence-electron chi connectivity index (χ2n) is 8.53. The summed E-state index contributed by atoms with van der Waals surface area (Å²) in [6.45, 7) is 4.31. The zero-order chi connectivity index (χ0) is 23.0. The number of amides is 1. The smallest absolute Gasteiger partial charge is 0.290 e. The van der Waals surface area contributed by atoms with Crippen molar-refractivity contribution < 1.29 is 24.5 Å². The molecule has 1 amide bonds. The third-order valence-electron chi connectivity index (χ3n) is 6.51. The molecule has 7 nitrogen and oxygen atoms in total. The maximum atomic E-state index is 12.4. The second kappa shape index (κ2) is 11.2. The summed E-state index contributed by atoms with van der Waals surface area (Å²) in [6.07, 6.45) is 0.416. The van der Waals surface area contributed by atoms with E-state index in [9.17, 15) is 9.90 Å². The Hall–Kier alpha value is -2.74. The topological polar surface area (TPSA) is 90.3 Å². The lowest BCUT2D eigenvalue weighted by Gasteiger charge is -2.27. The number of rotatable bonds is 7. The summed E-state index contributed by atoms with van der Waals surface area (Å²) in [5, 5.41) is 17.1. The highest BCUT2D eigenvalue weighted by molar-refractivity contribution is 5.76. The van der Waals surface area contributed by atoms with Crippen molar-refractivity contribution in [1.82, 2.24) is 9.80 Å². The lowest BCUT2D eigenvalue weighted by molar-refractivity contribution is -0.131. The van der Waals surface area contributed by atoms with Crippen molar-refractivity contribution in [2.24, 2.45) is 11.3 Å². The van der Waals surface area contributed by atoms with Gasteiger partial charge in [-0.1, -0.05) is 54.6 Å². The predicted octanol–water partition coefficient (Wildman–Crippen LogP) is 2.34. The molecule has 0 bridgehead atoms. The van der Waals surface area contributed by atoms with Crippen LogP contribution in [0.1, 0.15) is 12.0 Å². The van der Waals surface area contributed by atoms with Crippen molar-refractivity contribution in [1.29, 1.82) is 0 Å². The molecule has 2 unspecified atom stereocenters. The quantitative estimate of drug-likeness (QED) is 0.643. The van der Waals surface area contributed by atoms with Crippen LogP contribution in [0.3, 0.4) is 0 Å². The van der Waals surface area contributed by atoms with Crippen LogP contribution >= 0.6 is 0 Å². The fourth-order valence-electron chi connectivity index (χ4n) is 4.97. The van der Waals surface area contributed by atoms with Crippen LogP contribution < -0.4 is 0 Å². The summed E-state index contributed by atoms with van der Waals surface area (Å²) >= 11 is 0. The predicted molar refractivity (Wildman–Crippen MR) is 122 cm³/mol. The SMILES string of the molecule is COCCC(=O)N1CC2CN(Cc3ccccc3-c3ccccc3)CC2(CO)C1.O=CO. The van der Waals surface area contributed by atoms with Gasteiger partial charge >= 0.3 is 0 Å². The van der Waals surface area contributed by atoms with E-state index in [0.29, 0.717) is 25.5 Å². The molecule has 7 heteroatoms. The first-order valence-electron chi connectivity index (χ1n) is 10.9. The number of hydrogen-bond acceptors (Lipinski definition) is 5. The highest BCUT2D eigenvalue weighted by Crippen LogP contribution is 2.43. The maximum Gasteiger partial charge on any atom is 0.290 e. The monoisotopic (exact) mass is 440 g/mol. The Morgan fingerprint density at radius 3 is 2.47 bits per heavy atom. The van der Waals surface area contributed by atoms with Crippen molar-refractivity contribution in [2.75, 3.05) is 46.5 Å². The van der Waals surface area contributed by atoms with E-state index in [-0.39, 0.29) is 24.4 Å². The van der Waals surface area contributed by atoms with Crippen LogP contribution in [0.15, 0.2) is 54.6 Å². The van der Waals surface area contributed by atoms with Gasteiger partial charge in [0.1, 0.15) is 0 Å². The van der Waals surface area contributed by atoms with E-state index in [0.717, 1.165) is 26.2 Å². The van der Waals surface area contributed by atoms with Crippen LogP contribution in [-0.4, -0.2) is 78.9 Å². The minimum atomic E-state index is -0.250. The molecular weight excluding hydrogens is 408 g/mol. The molecule has 4 rings (SSSR count). The lowest BCUT2D eigenvalue weighted by Crippen LogP contribution is -2.39. The van der Waals surface area contributed by atoms with Gasteiger partial charge in [0.2, 0.25) is 5.91 Å². The molecule has 2 fully saturated rings. The summed E-state index contributed by atoms with van der Waals surface area (Å²) < 4.78 is 5.04. The van der Waals surface area contributed by atoms with Crippen molar-refractivity contribution in [3.05, 3.63) is 60.2 Å². The number of aliphatic hydroxyl groups is 1. The zero-order valence-electron chi connectivity index (χ0n) is 18.5. The number of aliphatic hydroxyl groups excluding tert-OH is 1. The fourth-order valence-corrected chi connectivity index (χ4v) is 4.97. The number of ether oxygens (including phenoxy) is 1. The molecule has 2 aliphatic rings. The van der Waals surface area contributed by atoms with E-state index < -0.39 is 0 Å². The Kier molecular flexibility index (Phi) is 8.39. The van der Waals surface area contributed by atoms with Crippen LogP contribution in [0.2, 0.25) is 0 Å². The van der Waals surface area contributed by atoms with Crippen molar-refractivity contribution in [2.45, 2.75) is 13.0 Å². The molecule has 0 radical (unpaired) electrons. The first-order valence-corrected chi connectivity index (χ1v) is 10.9. The Labute approximate surface area is 189 Å². The minimum Gasteiger partial charge on any atom is -0.483 e. The highest BCUT2D eigenvalue weighted by Gasteiger charge is 2.52. The summed E-state index contributed by atoms with van der Waals surface area (Å²) in [6, 6.07) is 19.0. The van der Waals surface area contributed by atoms with Gasteiger partial charge in [-0.2, -0.15) is 0 Å². The number of benzene rings is 2. The molecule has 2 saturated heterocycles. The van der Waals surface area contributed by atoms with Crippen LogP contribution in [0.5, 0.6) is 0 Å². The van der Waals surface area contributed by atoms with Gasteiger partial charge in [-0.25, -0.2) is 0 Å². The van der Waals surface area contributed by atoms with Crippen molar-refractivity contribution in [3.63, 3.8) is 0 Å². The van der Waals surface area contributed by atoms with Crippen LogP contribution in [-0.2, 0) is 20.9 Å². The molecule has 2 aromatic carbocycles. The Morgan fingerprint density at radius 2 is 1.81 bits per heavy atom. The van der Waals surface area contributed by atoms with Gasteiger partial charge in [0.25, 0.3) is 6.47 Å². The average molecular weight is 441 g/mol. The van der Waals surface area contributed by atoms with Gasteiger partial charge in [-0.15, -0.1) is 0 Å². The molecule has 2 heterocycles. The number of methoxy groups -OCH3 is 1. The number of nitrogens with zero attached hydrogens (tertiary/aromatic N) is 2. The Bertz CT molecular complexity index is 891. The molecule has 2 atom stereocenters. The molecule has 2 N–H and O–H groups in total. The average Bonchev–Trinajstić information content (AvgIpc) is 3.33. The number of hydrogen-bond donors (Lipinski definition) is 2. The van der Waals surface area contributed by atoms with Crippen LogP contribution in [0.25, 0.3) is 11.1 Å². The summed E-state index contributed by atoms with van der Waals surface area (Å²) in [5.41, 5.74) is 3.60. The largest absolute Gasteiger partial charge is 0.483 e. The highest BCUT2D eigenvalue weighted by atomic mass is 16.5. The van der Waals surface area contributed by atoms with Gasteiger partial charge in [-0.05, 0) is 22.6 Å². The molecule has 0 saturated carbocycles. The minimum absolute atomic E-state index is 0.128. The van der Waals surface area contributed by atoms with E-state index in [1.54, 1.807) is 7.11 Å². The molecule has 2 aromatic rings. The van der Waals surface area contributed by atoms with Gasteiger partial charge in [-0.3, -0.25) is 14.5 Å². The van der Waals surface area contributed by atoms with Crippen LogP contribution in [0.4, 0.5) is 0 Å². The van der Waals surface area contributed by atoms with Crippen LogP contribution in [0, 0.1) is 11.3 Å². The van der Waals surface area contributed by atoms with E-state index in [1.807, 2.05) is 11.0 Å². The molecule has 0 aromatic heterocycles. The summed E-state index contributed by atoms with van der Waals surface area (Å²) in [7, 11) is 1.62. The van der Waals surface area contributed by atoms with Gasteiger partial charge in [0.05, 0.1) is 19.6 Å². The van der Waals surface area contributed by atoms with Gasteiger partial charge < -0.3 is 19.8 Å². The number of carboxylic acid groups (broad SMARTS) is 1. The second-order valence-corrected chi connectivity index (χ2v) is 8.53. The van der Waals surface area contributed by atoms with Crippen molar-refractivity contribution in [3.8, 4) is 11.1 Å². The Morgan fingerprint density at radius 1 is 1.12 bits per heavy atom. The molecule has 2 aliphatic heterocycles. The fraction of sp³-hybridized carbons (Fsp3) is 0.440. The zero-order valence-corrected chi connectivity index (χ0v) is 18.5. The molecule has 172 valence electrons. The maximum absolute atomic E-state index is 12.4. The molecule has 32 heavy (non-hydrogen) atoms. The first kappa shape index (κ1) is 23.9. The standard InChI is InChI=1S/C24H30N2O3.CH2O2/c1-29-12-11-23(28)26-15-21-14-25(16-24(21,17-26)18-27)13-20-9-5-6-10-22(20)19-7-3-2-4-8-19;2-1-3/h2-10,21,27H,11-18H2,1H3;1H,(H,2,3). The third kappa shape index (κ3) is 5.35. The summed E-state index contributed by atoms with van der Waals surface area (Å²) in [5.74, 6) is 0.456. The van der Waals surface area contributed by atoms with E-state index in [2.05, 4.69) is 53.4 Å². The van der Waals surface area contributed by atoms with E-state index in [1.165, 1.54) is 16.7 Å². The van der Waals surface area contributed by atoms with Crippen molar-refractivity contribution >= 4 is 12.4 Å². The number of likely N-dealkylation sites (tertiary alicyclic amines) is 2. The van der Waals surface area contributed by atoms with E-state index >= 15 is 0 Å².